The molecule has 6 nitrogen and oxygen atoms in total. The first kappa shape index (κ1) is 15.4. The monoisotopic (exact) mass is 292 g/mol. The molecular formula is C15H20N2O4. The smallest absolute Gasteiger partial charge is 0.343 e. The van der Waals surface area contributed by atoms with Crippen molar-refractivity contribution in [2.75, 3.05) is 0 Å². The van der Waals surface area contributed by atoms with E-state index in [0.29, 0.717) is 30.0 Å². The van der Waals surface area contributed by atoms with Gasteiger partial charge in [-0.1, -0.05) is 26.0 Å². The van der Waals surface area contributed by atoms with Crippen LogP contribution in [0.15, 0.2) is 18.2 Å². The van der Waals surface area contributed by atoms with E-state index >= 15 is 0 Å². The SMILES string of the molecule is CC1CCC(NCc2cccc([N+](=O)[O-])c2C(=O)O)C1C. The summed E-state index contributed by atoms with van der Waals surface area (Å²) in [6.07, 6.45) is 2.21. The minimum Gasteiger partial charge on any atom is -0.477 e. The Bertz CT molecular complexity index is 559. The molecule has 6 heteroatoms. The van der Waals surface area contributed by atoms with E-state index in [4.69, 9.17) is 0 Å². The Morgan fingerprint density at radius 3 is 2.67 bits per heavy atom. The van der Waals surface area contributed by atoms with Gasteiger partial charge in [0.05, 0.1) is 4.92 Å². The van der Waals surface area contributed by atoms with E-state index in [9.17, 15) is 20.0 Å². The van der Waals surface area contributed by atoms with Gasteiger partial charge in [-0.2, -0.15) is 0 Å². The molecule has 0 aromatic heterocycles. The number of nitro benzene ring substituents is 1. The number of nitro groups is 1. The molecule has 1 aromatic carbocycles. The maximum Gasteiger partial charge on any atom is 0.343 e. The predicted octanol–water partition coefficient (Wildman–Crippen LogP) is 2.82. The van der Waals surface area contributed by atoms with Gasteiger partial charge in [-0.3, -0.25) is 10.1 Å². The number of rotatable bonds is 5. The summed E-state index contributed by atoms with van der Waals surface area (Å²) < 4.78 is 0. The summed E-state index contributed by atoms with van der Waals surface area (Å²) in [6.45, 7) is 4.73. The highest BCUT2D eigenvalue weighted by Crippen LogP contribution is 2.31. The molecule has 2 N–H and O–H groups in total. The Hall–Kier alpha value is -1.95. The van der Waals surface area contributed by atoms with Crippen LogP contribution in [0, 0.1) is 22.0 Å². The van der Waals surface area contributed by atoms with Crippen molar-refractivity contribution in [3.63, 3.8) is 0 Å². The van der Waals surface area contributed by atoms with E-state index in [1.54, 1.807) is 6.07 Å². The van der Waals surface area contributed by atoms with Crippen molar-refractivity contribution in [1.29, 1.82) is 0 Å². The second kappa shape index (κ2) is 6.22. The largest absolute Gasteiger partial charge is 0.477 e. The number of carboxylic acids is 1. The molecule has 114 valence electrons. The van der Waals surface area contributed by atoms with Crippen molar-refractivity contribution >= 4 is 11.7 Å². The number of hydrogen-bond acceptors (Lipinski definition) is 4. The summed E-state index contributed by atoms with van der Waals surface area (Å²) in [4.78, 5) is 21.6. The van der Waals surface area contributed by atoms with Crippen molar-refractivity contribution in [3.8, 4) is 0 Å². The van der Waals surface area contributed by atoms with Crippen LogP contribution in [0.4, 0.5) is 5.69 Å². The standard InChI is InChI=1S/C15H20N2O4/c1-9-6-7-12(10(9)2)16-8-11-4-3-5-13(17(20)21)14(11)15(18)19/h3-5,9-10,12,16H,6-8H2,1-2H3,(H,18,19). The fraction of sp³-hybridized carbons (Fsp3) is 0.533. The summed E-state index contributed by atoms with van der Waals surface area (Å²) in [7, 11) is 0. The van der Waals surface area contributed by atoms with Crippen molar-refractivity contribution in [3.05, 3.63) is 39.4 Å². The normalized spacial score (nSPS) is 25.0. The van der Waals surface area contributed by atoms with Gasteiger partial charge >= 0.3 is 5.97 Å². The molecule has 1 aliphatic carbocycles. The van der Waals surface area contributed by atoms with E-state index in [0.717, 1.165) is 12.8 Å². The van der Waals surface area contributed by atoms with Crippen LogP contribution in [0.3, 0.4) is 0 Å². The van der Waals surface area contributed by atoms with Gasteiger partial charge in [0.1, 0.15) is 5.56 Å². The number of hydrogen-bond donors (Lipinski definition) is 2. The Morgan fingerprint density at radius 1 is 1.43 bits per heavy atom. The molecule has 0 saturated heterocycles. The van der Waals surface area contributed by atoms with Gasteiger partial charge in [0.2, 0.25) is 0 Å². The van der Waals surface area contributed by atoms with Gasteiger partial charge in [-0.25, -0.2) is 4.79 Å². The zero-order valence-corrected chi connectivity index (χ0v) is 12.2. The number of nitrogens with one attached hydrogen (secondary N) is 1. The Labute approximate surface area is 123 Å². The molecule has 3 atom stereocenters. The van der Waals surface area contributed by atoms with Crippen molar-refractivity contribution in [2.45, 2.75) is 39.3 Å². The third-order valence-electron chi connectivity index (χ3n) is 4.56. The lowest BCUT2D eigenvalue weighted by atomic mass is 9.97. The third kappa shape index (κ3) is 3.21. The first-order chi connectivity index (χ1) is 9.91. The molecule has 1 aliphatic rings. The molecule has 0 aliphatic heterocycles. The summed E-state index contributed by atoms with van der Waals surface area (Å²) in [6, 6.07) is 4.73. The van der Waals surface area contributed by atoms with Crippen LogP contribution in [0.5, 0.6) is 0 Å². The summed E-state index contributed by atoms with van der Waals surface area (Å²) in [5.41, 5.74) is -0.105. The van der Waals surface area contributed by atoms with E-state index < -0.39 is 10.9 Å². The van der Waals surface area contributed by atoms with Crippen LogP contribution in [-0.4, -0.2) is 22.0 Å². The van der Waals surface area contributed by atoms with Crippen molar-refractivity contribution < 1.29 is 14.8 Å². The van der Waals surface area contributed by atoms with E-state index in [1.807, 2.05) is 0 Å². The zero-order valence-electron chi connectivity index (χ0n) is 12.2. The molecule has 1 fully saturated rings. The summed E-state index contributed by atoms with van der Waals surface area (Å²) in [5, 5.41) is 23.6. The second-order valence-electron chi connectivity index (χ2n) is 5.77. The van der Waals surface area contributed by atoms with Crippen LogP contribution < -0.4 is 5.32 Å². The van der Waals surface area contributed by atoms with Crippen LogP contribution in [-0.2, 0) is 6.54 Å². The lowest BCUT2D eigenvalue weighted by Gasteiger charge is -2.20. The summed E-state index contributed by atoms with van der Waals surface area (Å²) >= 11 is 0. The first-order valence-corrected chi connectivity index (χ1v) is 7.14. The Kier molecular flexibility index (Phi) is 4.57. The van der Waals surface area contributed by atoms with Gasteiger partial charge in [-0.05, 0) is 30.2 Å². The minimum absolute atomic E-state index is 0.214. The highest BCUT2D eigenvalue weighted by atomic mass is 16.6. The van der Waals surface area contributed by atoms with Gasteiger partial charge < -0.3 is 10.4 Å². The molecule has 0 spiro atoms. The fourth-order valence-corrected chi connectivity index (χ4v) is 3.03. The maximum absolute atomic E-state index is 11.3. The first-order valence-electron chi connectivity index (χ1n) is 7.14. The summed E-state index contributed by atoms with van der Waals surface area (Å²) in [5.74, 6) is -0.0875. The lowest BCUT2D eigenvalue weighted by molar-refractivity contribution is -0.385. The van der Waals surface area contributed by atoms with Crippen molar-refractivity contribution in [1.82, 2.24) is 5.32 Å². The number of nitrogens with zero attached hydrogens (tertiary/aromatic N) is 1. The van der Waals surface area contributed by atoms with Crippen LogP contribution in [0.1, 0.15) is 42.6 Å². The quantitative estimate of drug-likeness (QED) is 0.643. The molecule has 21 heavy (non-hydrogen) atoms. The molecule has 3 unspecified atom stereocenters. The number of benzene rings is 1. The van der Waals surface area contributed by atoms with Gasteiger partial charge in [-0.15, -0.1) is 0 Å². The van der Waals surface area contributed by atoms with Crippen molar-refractivity contribution in [2.24, 2.45) is 11.8 Å². The minimum atomic E-state index is -1.26. The Morgan fingerprint density at radius 2 is 2.14 bits per heavy atom. The van der Waals surface area contributed by atoms with Crippen LogP contribution in [0.2, 0.25) is 0 Å². The number of aromatic carboxylic acids is 1. The van der Waals surface area contributed by atoms with E-state index in [-0.39, 0.29) is 11.3 Å². The van der Waals surface area contributed by atoms with Gasteiger partial charge in [0.15, 0.2) is 0 Å². The average molecular weight is 292 g/mol. The number of carbonyl (C=O) groups is 1. The van der Waals surface area contributed by atoms with E-state index in [1.165, 1.54) is 12.1 Å². The maximum atomic E-state index is 11.3. The fourth-order valence-electron chi connectivity index (χ4n) is 3.03. The molecular weight excluding hydrogens is 272 g/mol. The molecule has 0 amide bonds. The van der Waals surface area contributed by atoms with E-state index in [2.05, 4.69) is 19.2 Å². The second-order valence-corrected chi connectivity index (χ2v) is 5.77. The Balaban J connectivity index is 2.18. The van der Waals surface area contributed by atoms with Gasteiger partial charge in [0.25, 0.3) is 5.69 Å². The third-order valence-corrected chi connectivity index (χ3v) is 4.56. The average Bonchev–Trinajstić information content (AvgIpc) is 2.75. The molecule has 0 heterocycles. The predicted molar refractivity (Wildman–Crippen MR) is 78.2 cm³/mol. The molecule has 0 bridgehead atoms. The lowest BCUT2D eigenvalue weighted by Crippen LogP contribution is -2.32. The molecule has 1 saturated carbocycles. The van der Waals surface area contributed by atoms with Gasteiger partial charge in [0, 0.05) is 18.7 Å². The van der Waals surface area contributed by atoms with Crippen LogP contribution in [0.25, 0.3) is 0 Å². The number of carboxylic acid groups (broad SMARTS) is 1. The highest BCUT2D eigenvalue weighted by Gasteiger charge is 2.30. The highest BCUT2D eigenvalue weighted by molar-refractivity contribution is 5.94. The molecule has 0 radical (unpaired) electrons. The molecule has 2 rings (SSSR count). The zero-order chi connectivity index (χ0) is 15.6. The van der Waals surface area contributed by atoms with Crippen LogP contribution >= 0.6 is 0 Å². The topological polar surface area (TPSA) is 92.5 Å². The molecule has 1 aromatic rings.